The van der Waals surface area contributed by atoms with Crippen LogP contribution in [0.5, 0.6) is 0 Å². The Morgan fingerprint density at radius 1 is 1.30 bits per heavy atom. The van der Waals surface area contributed by atoms with Gasteiger partial charge in [0, 0.05) is 12.6 Å². The Morgan fingerprint density at radius 3 is 2.60 bits per heavy atom. The van der Waals surface area contributed by atoms with Crippen LogP contribution in [0, 0.1) is 5.92 Å². The van der Waals surface area contributed by atoms with Crippen LogP contribution in [0.15, 0.2) is 30.3 Å². The molecule has 20 heavy (non-hydrogen) atoms. The molecule has 1 aliphatic rings. The number of nitrogens with one attached hydrogen (secondary N) is 1. The van der Waals surface area contributed by atoms with Crippen LogP contribution < -0.4 is 10.5 Å². The summed E-state index contributed by atoms with van der Waals surface area (Å²) in [4.78, 5) is 0. The van der Waals surface area contributed by atoms with Crippen molar-refractivity contribution >= 4 is 10.0 Å². The fraction of sp³-hybridized carbons (Fsp3) is 0.600. The second-order valence-corrected chi connectivity index (χ2v) is 7.73. The molecule has 1 aromatic carbocycles. The Morgan fingerprint density at radius 2 is 2.00 bits per heavy atom. The van der Waals surface area contributed by atoms with Gasteiger partial charge in [0.15, 0.2) is 0 Å². The van der Waals surface area contributed by atoms with Crippen LogP contribution >= 0.6 is 0 Å². The monoisotopic (exact) mass is 296 g/mol. The third-order valence-electron chi connectivity index (χ3n) is 4.01. The summed E-state index contributed by atoms with van der Waals surface area (Å²) >= 11 is 0. The van der Waals surface area contributed by atoms with E-state index in [4.69, 9.17) is 5.73 Å². The standard InChI is InChI=1S/C15H24N2O2S/c1-12(14-5-3-2-4-6-14)11-20(18,19)17-10-13-7-8-15(16)9-13/h2-6,12-13,15,17H,7-11,16H2,1H3. The summed E-state index contributed by atoms with van der Waals surface area (Å²) < 4.78 is 27.0. The number of hydrogen-bond acceptors (Lipinski definition) is 3. The molecule has 0 amide bonds. The lowest BCUT2D eigenvalue weighted by atomic mass is 10.0. The molecule has 3 N–H and O–H groups in total. The molecular weight excluding hydrogens is 272 g/mol. The SMILES string of the molecule is CC(CS(=O)(=O)NCC1CCC(N)C1)c1ccccc1. The first-order chi connectivity index (χ1) is 9.46. The smallest absolute Gasteiger partial charge is 0.212 e. The predicted octanol–water partition coefficient (Wildman–Crippen LogP) is 1.84. The average Bonchev–Trinajstić information content (AvgIpc) is 2.83. The maximum atomic E-state index is 12.1. The quantitative estimate of drug-likeness (QED) is 0.841. The molecule has 0 bridgehead atoms. The average molecular weight is 296 g/mol. The maximum absolute atomic E-state index is 12.1. The van der Waals surface area contributed by atoms with Crippen LogP contribution in [0.2, 0.25) is 0 Å². The van der Waals surface area contributed by atoms with Gasteiger partial charge in [0.25, 0.3) is 0 Å². The molecule has 112 valence electrons. The molecule has 0 aromatic heterocycles. The van der Waals surface area contributed by atoms with Gasteiger partial charge in [-0.3, -0.25) is 0 Å². The van der Waals surface area contributed by atoms with E-state index in [-0.39, 0.29) is 17.7 Å². The van der Waals surface area contributed by atoms with Crippen LogP contribution in [0.25, 0.3) is 0 Å². The number of nitrogens with two attached hydrogens (primary N) is 1. The molecule has 1 aromatic rings. The number of hydrogen-bond donors (Lipinski definition) is 2. The van der Waals surface area contributed by atoms with Gasteiger partial charge in [-0.1, -0.05) is 37.3 Å². The molecule has 0 heterocycles. The predicted molar refractivity (Wildman–Crippen MR) is 82.0 cm³/mol. The van der Waals surface area contributed by atoms with Crippen LogP contribution in [-0.4, -0.2) is 26.8 Å². The summed E-state index contributed by atoms with van der Waals surface area (Å²) in [5, 5.41) is 0. The Hall–Kier alpha value is -0.910. The highest BCUT2D eigenvalue weighted by Gasteiger charge is 2.24. The largest absolute Gasteiger partial charge is 0.328 e. The Bertz CT molecular complexity index is 516. The topological polar surface area (TPSA) is 72.2 Å². The van der Waals surface area contributed by atoms with Gasteiger partial charge in [-0.15, -0.1) is 0 Å². The van der Waals surface area contributed by atoms with Gasteiger partial charge in [-0.05, 0) is 36.7 Å². The molecule has 3 unspecified atom stereocenters. The van der Waals surface area contributed by atoms with E-state index in [1.54, 1.807) is 0 Å². The Labute approximate surface area is 121 Å². The van der Waals surface area contributed by atoms with E-state index in [0.717, 1.165) is 24.8 Å². The van der Waals surface area contributed by atoms with Gasteiger partial charge in [0.2, 0.25) is 10.0 Å². The van der Waals surface area contributed by atoms with Gasteiger partial charge in [0.05, 0.1) is 5.75 Å². The minimum atomic E-state index is -3.22. The lowest BCUT2D eigenvalue weighted by Gasteiger charge is -2.15. The van der Waals surface area contributed by atoms with E-state index in [0.29, 0.717) is 12.5 Å². The molecule has 2 rings (SSSR count). The minimum absolute atomic E-state index is 0.000431. The molecule has 0 spiro atoms. The zero-order valence-electron chi connectivity index (χ0n) is 12.0. The van der Waals surface area contributed by atoms with E-state index >= 15 is 0 Å². The van der Waals surface area contributed by atoms with Crippen LogP contribution in [0.4, 0.5) is 0 Å². The zero-order chi connectivity index (χ0) is 14.6. The molecule has 0 saturated heterocycles. The Kier molecular flexibility index (Phi) is 5.18. The highest BCUT2D eigenvalue weighted by molar-refractivity contribution is 7.89. The Balaban J connectivity index is 1.84. The normalized spacial score (nSPS) is 24.7. The van der Waals surface area contributed by atoms with Gasteiger partial charge in [-0.2, -0.15) is 0 Å². The molecule has 4 nitrogen and oxygen atoms in total. The third-order valence-corrected chi connectivity index (χ3v) is 5.56. The minimum Gasteiger partial charge on any atom is -0.328 e. The van der Waals surface area contributed by atoms with E-state index in [1.807, 2.05) is 37.3 Å². The molecule has 0 radical (unpaired) electrons. The molecule has 1 fully saturated rings. The van der Waals surface area contributed by atoms with Crippen molar-refractivity contribution in [2.75, 3.05) is 12.3 Å². The number of benzene rings is 1. The molecule has 3 atom stereocenters. The van der Waals surface area contributed by atoms with Crippen LogP contribution in [-0.2, 0) is 10.0 Å². The van der Waals surface area contributed by atoms with Crippen LogP contribution in [0.3, 0.4) is 0 Å². The molecular formula is C15H24N2O2S. The van der Waals surface area contributed by atoms with Gasteiger partial charge >= 0.3 is 0 Å². The van der Waals surface area contributed by atoms with Gasteiger partial charge < -0.3 is 5.73 Å². The lowest BCUT2D eigenvalue weighted by Crippen LogP contribution is -2.32. The summed E-state index contributed by atoms with van der Waals surface area (Å²) in [5.41, 5.74) is 6.90. The fourth-order valence-electron chi connectivity index (χ4n) is 2.81. The molecule has 1 saturated carbocycles. The van der Waals surface area contributed by atoms with Crippen molar-refractivity contribution in [1.29, 1.82) is 0 Å². The van der Waals surface area contributed by atoms with Crippen molar-refractivity contribution in [3.05, 3.63) is 35.9 Å². The van der Waals surface area contributed by atoms with Crippen molar-refractivity contribution in [3.8, 4) is 0 Å². The summed E-state index contributed by atoms with van der Waals surface area (Å²) in [6.07, 6.45) is 2.96. The first kappa shape index (κ1) is 15.5. The second kappa shape index (κ2) is 6.70. The van der Waals surface area contributed by atoms with Crippen molar-refractivity contribution < 1.29 is 8.42 Å². The van der Waals surface area contributed by atoms with Gasteiger partial charge in [0.1, 0.15) is 0 Å². The maximum Gasteiger partial charge on any atom is 0.212 e. The highest BCUT2D eigenvalue weighted by Crippen LogP contribution is 2.23. The van der Waals surface area contributed by atoms with Crippen molar-refractivity contribution in [3.63, 3.8) is 0 Å². The molecule has 1 aliphatic carbocycles. The summed E-state index contributed by atoms with van der Waals surface area (Å²) in [5.74, 6) is 0.529. The highest BCUT2D eigenvalue weighted by atomic mass is 32.2. The first-order valence-corrected chi connectivity index (χ1v) is 8.89. The first-order valence-electron chi connectivity index (χ1n) is 7.24. The summed E-state index contributed by atoms with van der Waals surface area (Å²) in [6.45, 7) is 2.47. The number of sulfonamides is 1. The molecule has 0 aliphatic heterocycles. The van der Waals surface area contributed by atoms with E-state index in [1.165, 1.54) is 0 Å². The van der Waals surface area contributed by atoms with Gasteiger partial charge in [-0.25, -0.2) is 13.1 Å². The van der Waals surface area contributed by atoms with E-state index < -0.39 is 10.0 Å². The summed E-state index contributed by atoms with van der Waals surface area (Å²) in [7, 11) is -3.22. The number of rotatable bonds is 6. The second-order valence-electron chi connectivity index (χ2n) is 5.88. The van der Waals surface area contributed by atoms with Crippen molar-refractivity contribution in [1.82, 2.24) is 4.72 Å². The van der Waals surface area contributed by atoms with E-state index in [9.17, 15) is 8.42 Å². The fourth-order valence-corrected chi connectivity index (χ4v) is 4.27. The van der Waals surface area contributed by atoms with Crippen molar-refractivity contribution in [2.45, 2.75) is 38.1 Å². The van der Waals surface area contributed by atoms with Crippen molar-refractivity contribution in [2.24, 2.45) is 11.7 Å². The third kappa shape index (κ3) is 4.58. The zero-order valence-corrected chi connectivity index (χ0v) is 12.8. The summed E-state index contributed by atoms with van der Waals surface area (Å²) in [6, 6.07) is 9.99. The lowest BCUT2D eigenvalue weighted by molar-refractivity contribution is 0.511. The molecule has 5 heteroatoms. The van der Waals surface area contributed by atoms with E-state index in [2.05, 4.69) is 4.72 Å². The van der Waals surface area contributed by atoms with Crippen LogP contribution in [0.1, 0.15) is 37.7 Å².